The average Bonchev–Trinajstić information content (AvgIpc) is 3.65. The largest absolute Gasteiger partial charge is 0.497 e. The Balaban J connectivity index is 1.45. The van der Waals surface area contributed by atoms with Crippen LogP contribution in [0.15, 0.2) is 66.7 Å². The molecule has 8 nitrogen and oxygen atoms in total. The fourth-order valence-electron chi connectivity index (χ4n) is 9.31. The van der Waals surface area contributed by atoms with Gasteiger partial charge in [0.1, 0.15) is 5.75 Å². The minimum absolute atomic E-state index is 0.0206. The minimum atomic E-state index is -0.636. The van der Waals surface area contributed by atoms with Gasteiger partial charge in [0.15, 0.2) is 0 Å². The molecule has 3 aliphatic rings. The van der Waals surface area contributed by atoms with Crippen molar-refractivity contribution in [3.05, 3.63) is 89.0 Å². The van der Waals surface area contributed by atoms with E-state index in [9.17, 15) is 4.79 Å². The first-order valence-corrected chi connectivity index (χ1v) is 19.4. The summed E-state index contributed by atoms with van der Waals surface area (Å²) >= 11 is 1.28. The summed E-state index contributed by atoms with van der Waals surface area (Å²) < 4.78 is 13.1. The van der Waals surface area contributed by atoms with Crippen molar-refractivity contribution in [2.45, 2.75) is 70.9 Å². The lowest BCUT2D eigenvalue weighted by Crippen LogP contribution is -2.52. The molecule has 51 heavy (non-hydrogen) atoms. The van der Waals surface area contributed by atoms with Gasteiger partial charge in [0.05, 0.1) is 24.3 Å². The topological polar surface area (TPSA) is 70.1 Å². The first-order chi connectivity index (χ1) is 24.6. The number of fused-ring (bicyclic) bond motifs is 7. The number of hydrogen-bond donors (Lipinski definition) is 1. The van der Waals surface area contributed by atoms with Crippen LogP contribution in [0.25, 0.3) is 22.2 Å². The summed E-state index contributed by atoms with van der Waals surface area (Å²) in [5.41, 5.74) is 7.15. The molecule has 3 heterocycles. The predicted octanol–water partition coefficient (Wildman–Crippen LogP) is 8.10. The number of nitrogens with one attached hydrogen (secondary N) is 1. The fourth-order valence-corrected chi connectivity index (χ4v) is 9.70. The number of carbonyl (C=O) groups excluding carboxylic acids is 2. The summed E-state index contributed by atoms with van der Waals surface area (Å²) in [5.74, 6) is 1.46. The number of amides is 2. The highest BCUT2D eigenvalue weighted by Gasteiger charge is 2.70. The van der Waals surface area contributed by atoms with Crippen molar-refractivity contribution >= 4 is 34.9 Å². The molecule has 1 N–H and O–H groups in total. The van der Waals surface area contributed by atoms with Crippen LogP contribution in [0.2, 0.25) is 0 Å². The molecule has 270 valence electrons. The third-order valence-electron chi connectivity index (χ3n) is 11.8. The molecule has 3 unspecified atom stereocenters. The van der Waals surface area contributed by atoms with E-state index in [4.69, 9.17) is 4.74 Å². The molecule has 4 aromatic rings. The number of piperazine rings is 1. The zero-order valence-corrected chi connectivity index (χ0v) is 32.1. The molecule has 9 heteroatoms. The molecule has 0 radical (unpaired) electrons. The molecule has 0 spiro atoms. The van der Waals surface area contributed by atoms with Crippen LogP contribution in [0, 0.1) is 11.3 Å². The van der Waals surface area contributed by atoms with Crippen LogP contribution in [0.5, 0.6) is 5.75 Å². The van der Waals surface area contributed by atoms with Crippen molar-refractivity contribution in [2.24, 2.45) is 11.3 Å². The van der Waals surface area contributed by atoms with Gasteiger partial charge in [-0.1, -0.05) is 70.0 Å². The second kappa shape index (κ2) is 14.3. The predicted molar refractivity (Wildman–Crippen MR) is 208 cm³/mol. The van der Waals surface area contributed by atoms with Gasteiger partial charge in [0, 0.05) is 66.3 Å². The highest BCUT2D eigenvalue weighted by Crippen LogP contribution is 2.70. The smallest absolute Gasteiger partial charge is 0.262 e. The van der Waals surface area contributed by atoms with Gasteiger partial charge in [0.2, 0.25) is 5.91 Å². The summed E-state index contributed by atoms with van der Waals surface area (Å²) in [4.78, 5) is 33.6. The summed E-state index contributed by atoms with van der Waals surface area (Å²) in [6.07, 6.45) is 4.33. The SMILES string of the molecule is CCCC(CCC)c1c2n(c3cc(C(=O)NSN(C)C)ccc13)CC1(C(=O)N3CCN(C)CC3c3ccccc3)C(c3cc(OC)ccc3-2)[C@@H]1C. The van der Waals surface area contributed by atoms with Gasteiger partial charge < -0.3 is 19.1 Å². The van der Waals surface area contributed by atoms with Gasteiger partial charge >= 0.3 is 0 Å². The van der Waals surface area contributed by atoms with Crippen molar-refractivity contribution in [3.8, 4) is 17.0 Å². The van der Waals surface area contributed by atoms with Crippen molar-refractivity contribution in [1.82, 2.24) is 23.4 Å². The Morgan fingerprint density at radius 2 is 1.76 bits per heavy atom. The summed E-state index contributed by atoms with van der Waals surface area (Å²) in [5, 5.41) is 1.19. The van der Waals surface area contributed by atoms with E-state index in [-0.39, 0.29) is 29.7 Å². The van der Waals surface area contributed by atoms with Gasteiger partial charge in [0.25, 0.3) is 5.91 Å². The fraction of sp³-hybridized carbons (Fsp3) is 0.476. The molecular formula is C42H53N5O3S. The molecule has 2 amide bonds. The Labute approximate surface area is 307 Å². The number of carbonyl (C=O) groups is 2. The van der Waals surface area contributed by atoms with E-state index >= 15 is 4.79 Å². The van der Waals surface area contributed by atoms with Gasteiger partial charge in [-0.25, -0.2) is 4.31 Å². The second-order valence-corrected chi connectivity index (χ2v) is 16.3. The zero-order chi connectivity index (χ0) is 36.0. The van der Waals surface area contributed by atoms with E-state index in [1.54, 1.807) is 7.11 Å². The van der Waals surface area contributed by atoms with Crippen molar-refractivity contribution in [3.63, 3.8) is 0 Å². The van der Waals surface area contributed by atoms with Crippen LogP contribution in [0.4, 0.5) is 0 Å². The summed E-state index contributed by atoms with van der Waals surface area (Å²) in [6.45, 7) is 9.71. The van der Waals surface area contributed by atoms with Gasteiger partial charge in [-0.3, -0.25) is 14.3 Å². The van der Waals surface area contributed by atoms with Crippen LogP contribution in [-0.4, -0.2) is 78.4 Å². The molecule has 1 aromatic heterocycles. The van der Waals surface area contributed by atoms with E-state index < -0.39 is 5.41 Å². The molecule has 3 aromatic carbocycles. The third-order valence-corrected chi connectivity index (χ3v) is 12.5. The van der Waals surface area contributed by atoms with E-state index in [2.05, 4.69) is 102 Å². The summed E-state index contributed by atoms with van der Waals surface area (Å²) in [7, 11) is 7.70. The highest BCUT2D eigenvalue weighted by atomic mass is 32.2. The molecule has 2 fully saturated rings. The van der Waals surface area contributed by atoms with E-state index in [0.717, 1.165) is 50.0 Å². The average molecular weight is 708 g/mol. The number of aromatic nitrogens is 1. The molecular weight excluding hydrogens is 655 g/mol. The molecule has 2 aliphatic heterocycles. The monoisotopic (exact) mass is 707 g/mol. The first-order valence-electron chi connectivity index (χ1n) is 18.7. The van der Waals surface area contributed by atoms with E-state index in [1.165, 1.54) is 45.5 Å². The Morgan fingerprint density at radius 3 is 2.45 bits per heavy atom. The van der Waals surface area contributed by atoms with Crippen LogP contribution in [-0.2, 0) is 11.3 Å². The van der Waals surface area contributed by atoms with Crippen LogP contribution in [0.3, 0.4) is 0 Å². The number of ether oxygens (including phenoxy) is 1. The Kier molecular flexibility index (Phi) is 10.00. The lowest BCUT2D eigenvalue weighted by molar-refractivity contribution is -0.143. The molecule has 1 saturated carbocycles. The maximum atomic E-state index is 15.5. The third kappa shape index (κ3) is 6.15. The standard InChI is InChI=1S/C42H53N5O3S/c1-8-13-29(14-9-2)37-33-19-17-30(40(48)43-51-44(4)5)23-35(33)47-26-42(27(3)38(42)34-24-31(50-7)18-20-32(34)39(37)47)41(49)46-22-21-45(6)25-36(46)28-15-11-10-12-16-28/h10-12,15-20,23-24,27,29,36,38H,8-9,13-14,21-22,25-26H2,1-7H3,(H,43,48)/t27-,36?,38?,42?/m0/s1. The Morgan fingerprint density at radius 1 is 1.02 bits per heavy atom. The second-order valence-electron chi connectivity index (χ2n) is 15.1. The highest BCUT2D eigenvalue weighted by molar-refractivity contribution is 7.95. The maximum Gasteiger partial charge on any atom is 0.262 e. The quantitative estimate of drug-likeness (QED) is 0.159. The molecule has 4 atom stereocenters. The molecule has 0 bridgehead atoms. The number of likely N-dealkylation sites (N-methyl/N-ethyl adjacent to an activating group) is 1. The van der Waals surface area contributed by atoms with Gasteiger partial charge in [-0.05, 0) is 92.8 Å². The first kappa shape index (κ1) is 35.6. The lowest BCUT2D eigenvalue weighted by Gasteiger charge is -2.42. The van der Waals surface area contributed by atoms with Crippen molar-refractivity contribution < 1.29 is 14.3 Å². The van der Waals surface area contributed by atoms with E-state index in [0.29, 0.717) is 24.6 Å². The van der Waals surface area contributed by atoms with Crippen LogP contribution >= 0.6 is 12.1 Å². The molecule has 1 aliphatic carbocycles. The number of hydrogen-bond acceptors (Lipinski definition) is 6. The molecule has 7 rings (SSSR count). The summed E-state index contributed by atoms with van der Waals surface area (Å²) in [6, 6.07) is 23.2. The number of rotatable bonds is 11. The maximum absolute atomic E-state index is 15.5. The van der Waals surface area contributed by atoms with Gasteiger partial charge in [-0.2, -0.15) is 0 Å². The number of methoxy groups -OCH3 is 1. The Hall–Kier alpha value is -3.79. The minimum Gasteiger partial charge on any atom is -0.497 e. The van der Waals surface area contributed by atoms with Crippen molar-refractivity contribution in [1.29, 1.82) is 0 Å². The number of nitrogens with zero attached hydrogens (tertiary/aromatic N) is 4. The molecule has 1 saturated heterocycles. The van der Waals surface area contributed by atoms with Crippen LogP contribution < -0.4 is 9.46 Å². The van der Waals surface area contributed by atoms with Crippen LogP contribution in [0.1, 0.15) is 91.4 Å². The van der Waals surface area contributed by atoms with E-state index in [1.807, 2.05) is 30.5 Å². The van der Waals surface area contributed by atoms with Crippen molar-refractivity contribution in [2.75, 3.05) is 47.9 Å². The number of benzene rings is 3. The normalized spacial score (nSPS) is 22.8. The van der Waals surface area contributed by atoms with Gasteiger partial charge in [-0.15, -0.1) is 0 Å². The zero-order valence-electron chi connectivity index (χ0n) is 31.2. The Bertz CT molecular complexity index is 1920. The lowest BCUT2D eigenvalue weighted by atomic mass is 9.85.